The van der Waals surface area contributed by atoms with Crippen molar-refractivity contribution in [3.8, 4) is 11.6 Å². The molecule has 0 bridgehead atoms. The van der Waals surface area contributed by atoms with E-state index in [1.807, 2.05) is 0 Å². The molecular weight excluding hydrogens is 476 g/mol. The molecule has 14 heteroatoms. The fourth-order valence-corrected chi connectivity index (χ4v) is 3.62. The topological polar surface area (TPSA) is 94.8 Å². The van der Waals surface area contributed by atoms with E-state index in [-0.39, 0.29) is 42.6 Å². The number of aromatic nitrogens is 2. The minimum atomic E-state index is -4.61. The van der Waals surface area contributed by atoms with Crippen LogP contribution < -0.4 is 14.8 Å². The quantitative estimate of drug-likeness (QED) is 0.620. The van der Waals surface area contributed by atoms with Gasteiger partial charge < -0.3 is 24.6 Å². The second-order valence-corrected chi connectivity index (χ2v) is 7.84. The number of hydrogen-bond donors (Lipinski definition) is 2. The Bertz CT molecular complexity index is 1050. The predicted molar refractivity (Wildman–Crippen MR) is 101 cm³/mol. The van der Waals surface area contributed by atoms with Crippen LogP contribution in [-0.4, -0.2) is 58.9 Å². The van der Waals surface area contributed by atoms with Crippen molar-refractivity contribution in [3.05, 3.63) is 41.1 Å². The van der Waals surface area contributed by atoms with Crippen LogP contribution in [0.3, 0.4) is 0 Å². The first-order chi connectivity index (χ1) is 15.9. The van der Waals surface area contributed by atoms with Crippen molar-refractivity contribution in [2.45, 2.75) is 43.6 Å². The van der Waals surface area contributed by atoms with Gasteiger partial charge in [0.15, 0.2) is 5.69 Å². The van der Waals surface area contributed by atoms with Gasteiger partial charge in [0.1, 0.15) is 31.2 Å². The van der Waals surface area contributed by atoms with Crippen molar-refractivity contribution < 1.29 is 50.5 Å². The summed E-state index contributed by atoms with van der Waals surface area (Å²) < 4.78 is 92.5. The lowest BCUT2D eigenvalue weighted by Gasteiger charge is -2.31. The average molecular weight is 495 g/mol. The van der Waals surface area contributed by atoms with Gasteiger partial charge in [0.25, 0.3) is 5.91 Å². The van der Waals surface area contributed by atoms with E-state index < -0.39 is 48.7 Å². The number of aryl methyl sites for hydroxylation is 1. The van der Waals surface area contributed by atoms with Crippen LogP contribution in [-0.2, 0) is 17.5 Å². The number of amides is 1. The number of alkyl halides is 6. The average Bonchev–Trinajstić information content (AvgIpc) is 3.17. The molecular formula is C20H19F6N3O5. The van der Waals surface area contributed by atoms with Crippen molar-refractivity contribution >= 4 is 5.91 Å². The van der Waals surface area contributed by atoms with Crippen molar-refractivity contribution in [1.82, 2.24) is 15.1 Å². The molecule has 3 atom stereocenters. The van der Waals surface area contributed by atoms with Crippen molar-refractivity contribution in [3.63, 3.8) is 0 Å². The molecule has 3 heterocycles. The number of nitrogens with one attached hydrogen (secondary N) is 1. The highest BCUT2D eigenvalue weighted by Crippen LogP contribution is 2.38. The summed E-state index contributed by atoms with van der Waals surface area (Å²) in [5, 5.41) is 17.1. The molecule has 0 spiro atoms. The number of aliphatic hydroxyl groups excluding tert-OH is 1. The maximum atomic E-state index is 13.0. The predicted octanol–water partition coefficient (Wildman–Crippen LogP) is 2.86. The summed E-state index contributed by atoms with van der Waals surface area (Å²) in [5.41, 5.74) is -1.18. The first-order valence-corrected chi connectivity index (χ1v) is 10.1. The molecule has 0 saturated carbocycles. The van der Waals surface area contributed by atoms with Gasteiger partial charge in [-0.2, -0.15) is 31.4 Å². The summed E-state index contributed by atoms with van der Waals surface area (Å²) in [4.78, 5) is 12.6. The Labute approximate surface area is 188 Å². The Hall–Kier alpha value is -3.00. The van der Waals surface area contributed by atoms with Crippen LogP contribution in [0.5, 0.6) is 11.6 Å². The van der Waals surface area contributed by atoms with Crippen LogP contribution in [0.25, 0.3) is 0 Å². The molecule has 1 aromatic heterocycles. The fourth-order valence-electron chi connectivity index (χ4n) is 3.62. The number of hydrogen-bond acceptors (Lipinski definition) is 6. The summed E-state index contributed by atoms with van der Waals surface area (Å²) in [6.07, 6.45) is -10.9. The molecule has 1 amide bonds. The zero-order valence-electron chi connectivity index (χ0n) is 17.3. The molecule has 4 rings (SSSR count). The zero-order valence-corrected chi connectivity index (χ0v) is 17.3. The molecule has 1 unspecified atom stereocenters. The summed E-state index contributed by atoms with van der Waals surface area (Å²) in [7, 11) is 0. The van der Waals surface area contributed by atoms with E-state index in [0.717, 1.165) is 18.2 Å². The van der Waals surface area contributed by atoms with Crippen molar-refractivity contribution in [2.24, 2.45) is 0 Å². The van der Waals surface area contributed by atoms with Gasteiger partial charge in [-0.05, 0) is 18.2 Å². The SMILES string of the molecule is O=C(N[C@H]1COc2ccc(C(F)(F)F)cc2C1O)c1cc2n(n1)CC[C@H](COCC(F)(F)F)O2. The lowest BCUT2D eigenvalue weighted by Crippen LogP contribution is -2.45. The van der Waals surface area contributed by atoms with Gasteiger partial charge in [-0.25, -0.2) is 4.68 Å². The van der Waals surface area contributed by atoms with E-state index in [9.17, 15) is 36.2 Å². The summed E-state index contributed by atoms with van der Waals surface area (Å²) in [6.45, 7) is -1.62. The van der Waals surface area contributed by atoms with Crippen molar-refractivity contribution in [1.29, 1.82) is 0 Å². The molecule has 8 nitrogen and oxygen atoms in total. The van der Waals surface area contributed by atoms with Crippen LogP contribution >= 0.6 is 0 Å². The van der Waals surface area contributed by atoms with E-state index in [0.29, 0.717) is 6.42 Å². The number of fused-ring (bicyclic) bond motifs is 2. The van der Waals surface area contributed by atoms with Gasteiger partial charge >= 0.3 is 12.4 Å². The second-order valence-electron chi connectivity index (χ2n) is 7.84. The molecule has 0 fully saturated rings. The highest BCUT2D eigenvalue weighted by Gasteiger charge is 2.36. The number of ether oxygens (including phenoxy) is 3. The first kappa shape index (κ1) is 24.1. The normalized spacial score (nSPS) is 22.3. The first-order valence-electron chi connectivity index (χ1n) is 10.1. The van der Waals surface area contributed by atoms with Gasteiger partial charge in [0, 0.05) is 24.6 Å². The van der Waals surface area contributed by atoms with Gasteiger partial charge in [-0.3, -0.25) is 4.79 Å². The van der Waals surface area contributed by atoms with Crippen LogP contribution in [0.15, 0.2) is 24.3 Å². The zero-order chi connectivity index (χ0) is 24.7. The van der Waals surface area contributed by atoms with E-state index in [1.54, 1.807) is 0 Å². The molecule has 1 aromatic carbocycles. The maximum absolute atomic E-state index is 13.0. The minimum Gasteiger partial charge on any atom is -0.491 e. The largest absolute Gasteiger partial charge is 0.491 e. The fraction of sp³-hybridized carbons (Fsp3) is 0.500. The van der Waals surface area contributed by atoms with E-state index >= 15 is 0 Å². The van der Waals surface area contributed by atoms with Crippen molar-refractivity contribution in [2.75, 3.05) is 19.8 Å². The highest BCUT2D eigenvalue weighted by molar-refractivity contribution is 5.92. The Kier molecular flexibility index (Phi) is 6.38. The molecule has 186 valence electrons. The van der Waals surface area contributed by atoms with E-state index in [2.05, 4.69) is 15.2 Å². The lowest BCUT2D eigenvalue weighted by atomic mass is 9.97. The highest BCUT2D eigenvalue weighted by atomic mass is 19.4. The number of carbonyl (C=O) groups excluding carboxylic acids is 1. The third-order valence-electron chi connectivity index (χ3n) is 5.27. The van der Waals surface area contributed by atoms with Crippen LogP contribution in [0.2, 0.25) is 0 Å². The Morgan fingerprint density at radius 2 is 2.00 bits per heavy atom. The molecule has 34 heavy (non-hydrogen) atoms. The van der Waals surface area contributed by atoms with Crippen LogP contribution in [0.1, 0.15) is 34.1 Å². The Balaban J connectivity index is 1.39. The molecule has 2 N–H and O–H groups in total. The van der Waals surface area contributed by atoms with E-state index in [4.69, 9.17) is 9.47 Å². The molecule has 0 aliphatic carbocycles. The molecule has 2 aliphatic heterocycles. The summed E-state index contributed by atoms with van der Waals surface area (Å²) in [6, 6.07) is 2.93. The monoisotopic (exact) mass is 495 g/mol. The minimum absolute atomic E-state index is 0.0793. The molecule has 0 saturated heterocycles. The third-order valence-corrected chi connectivity index (χ3v) is 5.27. The number of halogens is 6. The van der Waals surface area contributed by atoms with Gasteiger partial charge in [0.2, 0.25) is 5.88 Å². The Morgan fingerprint density at radius 3 is 2.71 bits per heavy atom. The number of carbonyl (C=O) groups is 1. The van der Waals surface area contributed by atoms with Crippen LogP contribution in [0.4, 0.5) is 26.3 Å². The number of benzene rings is 1. The smallest absolute Gasteiger partial charge is 0.416 e. The molecule has 2 aromatic rings. The summed E-state index contributed by atoms with van der Waals surface area (Å²) in [5.74, 6) is -0.508. The van der Waals surface area contributed by atoms with Gasteiger partial charge in [0.05, 0.1) is 18.2 Å². The van der Waals surface area contributed by atoms with Gasteiger partial charge in [-0.15, -0.1) is 0 Å². The maximum Gasteiger partial charge on any atom is 0.416 e. The van der Waals surface area contributed by atoms with Crippen LogP contribution in [0, 0.1) is 0 Å². The second kappa shape index (κ2) is 8.98. The number of aliphatic hydroxyl groups is 1. The van der Waals surface area contributed by atoms with E-state index in [1.165, 1.54) is 10.7 Å². The van der Waals surface area contributed by atoms with Gasteiger partial charge in [-0.1, -0.05) is 0 Å². The summed E-state index contributed by atoms with van der Waals surface area (Å²) >= 11 is 0. The third kappa shape index (κ3) is 5.38. The molecule has 2 aliphatic rings. The number of nitrogens with zero attached hydrogens (tertiary/aromatic N) is 2. The lowest BCUT2D eigenvalue weighted by molar-refractivity contribution is -0.179. The molecule has 0 radical (unpaired) electrons. The standard InChI is InChI=1S/C20H19F6N3O5/c21-19(22,23)9-32-7-11-3-4-29-16(34-11)6-13(28-29)18(31)27-14-8-33-15-2-1-10(20(24,25)26)5-12(15)17(14)30/h1-2,5-6,11,14,17,30H,3-4,7-9H2,(H,27,31)/t11-,14+,17?/m1/s1. The Morgan fingerprint density at radius 1 is 1.24 bits per heavy atom. The number of rotatable bonds is 5.